The number of nitrogens with one attached hydrogen (secondary N) is 2. The predicted molar refractivity (Wildman–Crippen MR) is 125 cm³/mol. The molecule has 0 radical (unpaired) electrons. The summed E-state index contributed by atoms with van der Waals surface area (Å²) in [5, 5.41) is 6.68. The SMILES string of the molecule is C=C/C(=C1/N=CC=C(NCc2ccc(CCC)cc2)N1C)c1ccc(NC)cc1. The Labute approximate surface area is 174 Å². The van der Waals surface area contributed by atoms with Crippen LogP contribution in [-0.2, 0) is 13.0 Å². The van der Waals surface area contributed by atoms with E-state index in [1.54, 1.807) is 0 Å². The van der Waals surface area contributed by atoms with Crippen LogP contribution in [0.25, 0.3) is 5.57 Å². The van der Waals surface area contributed by atoms with Gasteiger partial charge < -0.3 is 15.5 Å². The molecule has 2 N–H and O–H groups in total. The fraction of sp³-hybridized carbons (Fsp3) is 0.240. The van der Waals surface area contributed by atoms with Crippen molar-refractivity contribution in [1.82, 2.24) is 10.2 Å². The van der Waals surface area contributed by atoms with Gasteiger partial charge in [-0.3, -0.25) is 0 Å². The Morgan fingerprint density at radius 1 is 1.07 bits per heavy atom. The minimum Gasteiger partial charge on any atom is -0.388 e. The lowest BCUT2D eigenvalue weighted by Crippen LogP contribution is -2.30. The van der Waals surface area contributed by atoms with Crippen LogP contribution in [0.15, 0.2) is 83.9 Å². The molecule has 150 valence electrons. The third-order valence-corrected chi connectivity index (χ3v) is 5.07. The number of rotatable bonds is 8. The number of aryl methyl sites for hydroxylation is 1. The van der Waals surface area contributed by atoms with Gasteiger partial charge in [-0.25, -0.2) is 4.99 Å². The van der Waals surface area contributed by atoms with Gasteiger partial charge in [0.05, 0.1) is 0 Å². The zero-order chi connectivity index (χ0) is 20.6. The van der Waals surface area contributed by atoms with Crippen LogP contribution in [0, 0.1) is 0 Å². The van der Waals surface area contributed by atoms with Gasteiger partial charge in [0.1, 0.15) is 11.6 Å². The van der Waals surface area contributed by atoms with Crippen LogP contribution in [-0.4, -0.2) is 25.2 Å². The molecule has 0 spiro atoms. The summed E-state index contributed by atoms with van der Waals surface area (Å²) in [7, 11) is 3.95. The Morgan fingerprint density at radius 2 is 1.76 bits per heavy atom. The van der Waals surface area contributed by atoms with Crippen LogP contribution in [0.3, 0.4) is 0 Å². The molecule has 1 aliphatic heterocycles. The highest BCUT2D eigenvalue weighted by atomic mass is 15.3. The van der Waals surface area contributed by atoms with E-state index in [4.69, 9.17) is 0 Å². The summed E-state index contributed by atoms with van der Waals surface area (Å²) in [6, 6.07) is 17.1. The summed E-state index contributed by atoms with van der Waals surface area (Å²) < 4.78 is 0. The second-order valence-corrected chi connectivity index (χ2v) is 7.08. The summed E-state index contributed by atoms with van der Waals surface area (Å²) in [6.07, 6.45) is 8.01. The first-order valence-corrected chi connectivity index (χ1v) is 10.1. The molecule has 0 fully saturated rings. The number of hydrogen-bond donors (Lipinski definition) is 2. The van der Waals surface area contributed by atoms with E-state index in [1.807, 2.05) is 32.5 Å². The van der Waals surface area contributed by atoms with Gasteiger partial charge in [-0.05, 0) is 41.3 Å². The Balaban J connectivity index is 1.75. The third-order valence-electron chi connectivity index (χ3n) is 5.07. The van der Waals surface area contributed by atoms with Crippen LogP contribution >= 0.6 is 0 Å². The van der Waals surface area contributed by atoms with E-state index in [0.29, 0.717) is 0 Å². The molecule has 1 heterocycles. The summed E-state index contributed by atoms with van der Waals surface area (Å²) in [6.45, 7) is 6.99. The third kappa shape index (κ3) is 4.96. The molecule has 0 saturated carbocycles. The van der Waals surface area contributed by atoms with Crippen LogP contribution < -0.4 is 10.6 Å². The largest absolute Gasteiger partial charge is 0.388 e. The van der Waals surface area contributed by atoms with Gasteiger partial charge in [0, 0.05) is 38.1 Å². The Hall–Kier alpha value is -3.27. The molecule has 0 amide bonds. The van der Waals surface area contributed by atoms with Crippen molar-refractivity contribution in [2.24, 2.45) is 4.99 Å². The van der Waals surface area contributed by atoms with Crippen molar-refractivity contribution >= 4 is 17.5 Å². The lowest BCUT2D eigenvalue weighted by molar-refractivity contribution is 0.461. The van der Waals surface area contributed by atoms with Crippen molar-refractivity contribution in [3.05, 3.63) is 95.6 Å². The second-order valence-electron chi connectivity index (χ2n) is 7.08. The zero-order valence-corrected chi connectivity index (χ0v) is 17.6. The maximum absolute atomic E-state index is 4.62. The molecular weight excluding hydrogens is 356 g/mol. The lowest BCUT2D eigenvalue weighted by atomic mass is 10.0. The van der Waals surface area contributed by atoms with Gasteiger partial charge in [0.25, 0.3) is 0 Å². The smallest absolute Gasteiger partial charge is 0.141 e. The fourth-order valence-electron chi connectivity index (χ4n) is 3.38. The van der Waals surface area contributed by atoms with Crippen molar-refractivity contribution in [2.75, 3.05) is 19.4 Å². The van der Waals surface area contributed by atoms with Crippen LogP contribution in [0.1, 0.15) is 30.0 Å². The molecular formula is C25H30N4. The van der Waals surface area contributed by atoms with Gasteiger partial charge >= 0.3 is 0 Å². The number of aliphatic imine (C=N–C) groups is 1. The predicted octanol–water partition coefficient (Wildman–Crippen LogP) is 5.18. The Kier molecular flexibility index (Phi) is 6.90. The molecule has 4 nitrogen and oxygen atoms in total. The summed E-state index contributed by atoms with van der Waals surface area (Å²) in [4.78, 5) is 6.69. The summed E-state index contributed by atoms with van der Waals surface area (Å²) >= 11 is 0. The van der Waals surface area contributed by atoms with Gasteiger partial charge in [0.15, 0.2) is 0 Å². The van der Waals surface area contributed by atoms with E-state index in [9.17, 15) is 0 Å². The van der Waals surface area contributed by atoms with Gasteiger partial charge in [-0.15, -0.1) is 0 Å². The highest BCUT2D eigenvalue weighted by molar-refractivity contribution is 5.82. The number of nitrogens with zero attached hydrogens (tertiary/aromatic N) is 2. The molecule has 0 aromatic heterocycles. The lowest BCUT2D eigenvalue weighted by Gasteiger charge is -2.28. The van der Waals surface area contributed by atoms with Crippen molar-refractivity contribution in [1.29, 1.82) is 0 Å². The molecule has 0 unspecified atom stereocenters. The van der Waals surface area contributed by atoms with Crippen molar-refractivity contribution in [2.45, 2.75) is 26.3 Å². The standard InChI is InChI=1S/C25H30N4/c1-5-7-19-8-10-20(11-9-19)18-28-24-16-17-27-25(29(24)4)23(6-2)21-12-14-22(26-3)15-13-21/h6,8-17,26,28H,2,5,7,18H2,1,3-4H3/b25-23+. The average Bonchev–Trinajstić information content (AvgIpc) is 2.76. The van der Waals surface area contributed by atoms with Crippen LogP contribution in [0.4, 0.5) is 5.69 Å². The molecule has 1 aliphatic rings. The highest BCUT2D eigenvalue weighted by Gasteiger charge is 2.16. The highest BCUT2D eigenvalue weighted by Crippen LogP contribution is 2.27. The monoisotopic (exact) mass is 386 g/mol. The first-order valence-electron chi connectivity index (χ1n) is 10.1. The Bertz CT molecular complexity index is 918. The molecule has 3 rings (SSSR count). The maximum Gasteiger partial charge on any atom is 0.141 e. The number of benzene rings is 2. The molecule has 0 bridgehead atoms. The minimum atomic E-state index is 0.768. The topological polar surface area (TPSA) is 39.7 Å². The second kappa shape index (κ2) is 9.78. The van der Waals surface area contributed by atoms with Crippen molar-refractivity contribution in [3.63, 3.8) is 0 Å². The van der Waals surface area contributed by atoms with Crippen LogP contribution in [0.5, 0.6) is 0 Å². The van der Waals surface area contributed by atoms with E-state index in [0.717, 1.165) is 41.4 Å². The van der Waals surface area contributed by atoms with Gasteiger partial charge in [-0.1, -0.05) is 62.4 Å². The number of allylic oxidation sites excluding steroid dienone is 3. The molecule has 2 aromatic rings. The molecule has 0 saturated heterocycles. The summed E-state index contributed by atoms with van der Waals surface area (Å²) in [5.74, 6) is 1.89. The van der Waals surface area contributed by atoms with Gasteiger partial charge in [-0.2, -0.15) is 0 Å². The molecule has 0 aliphatic carbocycles. The van der Waals surface area contributed by atoms with E-state index in [2.05, 4.69) is 82.6 Å². The summed E-state index contributed by atoms with van der Waals surface area (Å²) in [5.41, 5.74) is 5.82. The zero-order valence-electron chi connectivity index (χ0n) is 17.6. The average molecular weight is 387 g/mol. The quantitative estimate of drug-likeness (QED) is 0.656. The first kappa shape index (κ1) is 20.5. The molecule has 4 heteroatoms. The Morgan fingerprint density at radius 3 is 2.38 bits per heavy atom. The minimum absolute atomic E-state index is 0.768. The van der Waals surface area contributed by atoms with Crippen LogP contribution in [0.2, 0.25) is 0 Å². The van der Waals surface area contributed by atoms with E-state index in [-0.39, 0.29) is 0 Å². The number of anilines is 1. The van der Waals surface area contributed by atoms with E-state index < -0.39 is 0 Å². The molecule has 0 atom stereocenters. The number of hydrogen-bond acceptors (Lipinski definition) is 4. The van der Waals surface area contributed by atoms with Crippen molar-refractivity contribution in [3.8, 4) is 0 Å². The molecule has 29 heavy (non-hydrogen) atoms. The van der Waals surface area contributed by atoms with E-state index >= 15 is 0 Å². The maximum atomic E-state index is 4.62. The fourth-order valence-corrected chi connectivity index (χ4v) is 3.38. The first-order chi connectivity index (χ1) is 14.2. The molecule has 2 aromatic carbocycles. The van der Waals surface area contributed by atoms with Gasteiger partial charge in [0.2, 0.25) is 0 Å². The van der Waals surface area contributed by atoms with Crippen molar-refractivity contribution < 1.29 is 0 Å². The normalized spacial score (nSPS) is 15.0. The van der Waals surface area contributed by atoms with E-state index in [1.165, 1.54) is 17.5 Å².